The molecule has 0 saturated heterocycles. The van der Waals surface area contributed by atoms with Gasteiger partial charge in [0.2, 0.25) is 6.33 Å². The maximum Gasteiger partial charge on any atom is 0.242 e. The van der Waals surface area contributed by atoms with E-state index in [1.54, 1.807) is 0 Å². The average Bonchev–Trinajstić information content (AvgIpc) is 3.28. The molecule has 25 heavy (non-hydrogen) atoms. The Labute approximate surface area is 152 Å². The van der Waals surface area contributed by atoms with Gasteiger partial charge in [-0.15, -0.1) is 0 Å². The van der Waals surface area contributed by atoms with Crippen molar-refractivity contribution in [1.29, 1.82) is 0 Å². The third-order valence-electron chi connectivity index (χ3n) is 4.76. The molecule has 2 heterocycles. The summed E-state index contributed by atoms with van der Waals surface area (Å²) in [6, 6.07) is 17.1. The molecule has 4 heteroatoms. The van der Waals surface area contributed by atoms with Crippen molar-refractivity contribution in [3.05, 3.63) is 89.6 Å². The van der Waals surface area contributed by atoms with Crippen molar-refractivity contribution in [3.8, 4) is 0 Å². The maximum atomic E-state index is 6.02. The number of aromatic amines is 1. The normalized spacial score (nSPS) is 12.6. The van der Waals surface area contributed by atoms with E-state index in [1.807, 2.05) is 24.7 Å². The zero-order valence-electron chi connectivity index (χ0n) is 14.2. The number of H-pyrrole nitrogens is 1. The molecule has 0 aliphatic carbocycles. The summed E-state index contributed by atoms with van der Waals surface area (Å²) in [5.74, 6) is 0. The van der Waals surface area contributed by atoms with E-state index in [9.17, 15) is 0 Å². The highest BCUT2D eigenvalue weighted by Crippen LogP contribution is 2.28. The SMILES string of the molecule is CCC(c1cn(Cc2ccc(Cl)cc2)c2ccccc12)[n+]1cc[nH]c1. The molecular weight excluding hydrogens is 330 g/mol. The number of nitrogens with one attached hydrogen (secondary N) is 1. The molecule has 4 rings (SSSR count). The quantitative estimate of drug-likeness (QED) is 0.492. The van der Waals surface area contributed by atoms with Crippen LogP contribution in [0.5, 0.6) is 0 Å². The minimum atomic E-state index is 0.322. The van der Waals surface area contributed by atoms with Crippen molar-refractivity contribution in [2.45, 2.75) is 25.9 Å². The molecule has 0 amide bonds. The summed E-state index contributed by atoms with van der Waals surface area (Å²) in [6.45, 7) is 3.07. The fourth-order valence-corrected chi connectivity index (χ4v) is 3.67. The molecule has 3 nitrogen and oxygen atoms in total. The number of para-hydroxylation sites is 1. The predicted molar refractivity (Wildman–Crippen MR) is 102 cm³/mol. The number of imidazole rings is 1. The number of halogens is 1. The van der Waals surface area contributed by atoms with Crippen LogP contribution in [0, 0.1) is 0 Å². The van der Waals surface area contributed by atoms with E-state index in [4.69, 9.17) is 11.6 Å². The first-order valence-corrected chi connectivity index (χ1v) is 9.00. The second kappa shape index (κ2) is 6.77. The summed E-state index contributed by atoms with van der Waals surface area (Å²) in [4.78, 5) is 3.16. The Morgan fingerprint density at radius 1 is 1.12 bits per heavy atom. The fraction of sp³-hybridized carbons (Fsp3) is 0.190. The summed E-state index contributed by atoms with van der Waals surface area (Å²) in [7, 11) is 0. The lowest BCUT2D eigenvalue weighted by Crippen LogP contribution is -2.37. The van der Waals surface area contributed by atoms with E-state index >= 15 is 0 Å². The van der Waals surface area contributed by atoms with Crippen LogP contribution in [0.15, 0.2) is 73.4 Å². The number of hydrogen-bond donors (Lipinski definition) is 1. The van der Waals surface area contributed by atoms with E-state index < -0.39 is 0 Å². The molecule has 4 aromatic rings. The highest BCUT2D eigenvalue weighted by atomic mass is 35.5. The second-order valence-electron chi connectivity index (χ2n) is 6.34. The van der Waals surface area contributed by atoms with Crippen LogP contribution in [-0.4, -0.2) is 9.55 Å². The van der Waals surface area contributed by atoms with Gasteiger partial charge >= 0.3 is 0 Å². The minimum Gasteiger partial charge on any atom is -0.343 e. The molecule has 0 fully saturated rings. The molecule has 1 unspecified atom stereocenters. The van der Waals surface area contributed by atoms with E-state index in [0.29, 0.717) is 6.04 Å². The van der Waals surface area contributed by atoms with Crippen LogP contribution in [0.25, 0.3) is 10.9 Å². The number of hydrogen-bond acceptors (Lipinski definition) is 0. The minimum absolute atomic E-state index is 0.322. The Hall–Kier alpha value is -2.52. The van der Waals surface area contributed by atoms with Gasteiger partial charge in [-0.1, -0.05) is 48.9 Å². The number of aromatic nitrogens is 3. The van der Waals surface area contributed by atoms with Crippen LogP contribution in [0.4, 0.5) is 0 Å². The third-order valence-corrected chi connectivity index (χ3v) is 5.01. The molecule has 2 aromatic heterocycles. The van der Waals surface area contributed by atoms with Crippen molar-refractivity contribution in [3.63, 3.8) is 0 Å². The first-order valence-electron chi connectivity index (χ1n) is 8.62. The first kappa shape index (κ1) is 16.0. The van der Waals surface area contributed by atoms with E-state index in [1.165, 1.54) is 22.0 Å². The zero-order chi connectivity index (χ0) is 17.2. The predicted octanol–water partition coefficient (Wildman–Crippen LogP) is 4.96. The number of benzene rings is 2. The summed E-state index contributed by atoms with van der Waals surface area (Å²) in [5.41, 5.74) is 3.87. The van der Waals surface area contributed by atoms with Gasteiger partial charge in [-0.05, 0) is 30.2 Å². The molecule has 1 atom stereocenters. The van der Waals surface area contributed by atoms with Gasteiger partial charge in [0.15, 0.2) is 0 Å². The van der Waals surface area contributed by atoms with Gasteiger partial charge in [-0.25, -0.2) is 4.57 Å². The molecule has 0 aliphatic heterocycles. The number of rotatable bonds is 5. The highest BCUT2D eigenvalue weighted by Gasteiger charge is 2.21. The van der Waals surface area contributed by atoms with Crippen LogP contribution in [0.3, 0.4) is 0 Å². The third kappa shape index (κ3) is 3.08. The molecule has 0 aliphatic rings. The first-order chi connectivity index (χ1) is 12.3. The number of nitrogens with zero attached hydrogens (tertiary/aromatic N) is 2. The van der Waals surface area contributed by atoms with Crippen molar-refractivity contribution >= 4 is 22.5 Å². The Morgan fingerprint density at radius 3 is 2.64 bits per heavy atom. The summed E-state index contributed by atoms with van der Waals surface area (Å²) in [5, 5.41) is 2.09. The molecule has 0 bridgehead atoms. The Morgan fingerprint density at radius 2 is 1.92 bits per heavy atom. The maximum absolute atomic E-state index is 6.02. The molecule has 0 saturated carbocycles. The molecule has 126 valence electrons. The van der Waals surface area contributed by atoms with Crippen molar-refractivity contribution in [1.82, 2.24) is 9.55 Å². The average molecular weight is 351 g/mol. The van der Waals surface area contributed by atoms with Gasteiger partial charge in [0.25, 0.3) is 0 Å². The monoisotopic (exact) mass is 350 g/mol. The van der Waals surface area contributed by atoms with Gasteiger partial charge in [0.1, 0.15) is 18.4 Å². The van der Waals surface area contributed by atoms with E-state index in [2.05, 4.69) is 69.8 Å². The Kier molecular flexibility index (Phi) is 4.33. The van der Waals surface area contributed by atoms with Gasteiger partial charge in [-0.2, -0.15) is 0 Å². The molecule has 0 radical (unpaired) electrons. The Balaban J connectivity index is 1.79. The topological polar surface area (TPSA) is 24.6 Å². The summed E-state index contributed by atoms with van der Waals surface area (Å²) < 4.78 is 4.58. The molecular formula is C21H21ClN3+. The smallest absolute Gasteiger partial charge is 0.242 e. The lowest BCUT2D eigenvalue weighted by Gasteiger charge is -2.10. The van der Waals surface area contributed by atoms with Gasteiger partial charge in [-0.3, -0.25) is 4.98 Å². The molecule has 2 aromatic carbocycles. The standard InChI is InChI=1S/C21H20ClN3/c1-2-20(24-12-11-23-15-24)19-14-25(21-6-4-3-5-18(19)21)13-16-7-9-17(22)10-8-16/h3-12,14-15,20H,2,13H2,1H3/p+1. The fourth-order valence-electron chi connectivity index (χ4n) is 3.54. The number of fused-ring (bicyclic) bond motifs is 1. The van der Waals surface area contributed by atoms with Crippen LogP contribution < -0.4 is 4.57 Å². The van der Waals surface area contributed by atoms with Crippen molar-refractivity contribution in [2.75, 3.05) is 0 Å². The highest BCUT2D eigenvalue weighted by molar-refractivity contribution is 6.30. The zero-order valence-corrected chi connectivity index (χ0v) is 14.9. The molecule has 0 spiro atoms. The van der Waals surface area contributed by atoms with E-state index in [0.717, 1.165) is 18.0 Å². The van der Waals surface area contributed by atoms with E-state index in [-0.39, 0.29) is 0 Å². The van der Waals surface area contributed by atoms with Crippen LogP contribution in [0.1, 0.15) is 30.5 Å². The Bertz CT molecular complexity index is 968. The summed E-state index contributed by atoms with van der Waals surface area (Å²) in [6.07, 6.45) is 9.43. The van der Waals surface area contributed by atoms with Crippen LogP contribution in [-0.2, 0) is 6.54 Å². The second-order valence-corrected chi connectivity index (χ2v) is 6.78. The van der Waals surface area contributed by atoms with Gasteiger partial charge < -0.3 is 4.57 Å². The summed E-state index contributed by atoms with van der Waals surface area (Å²) >= 11 is 6.02. The lowest BCUT2D eigenvalue weighted by atomic mass is 10.0. The van der Waals surface area contributed by atoms with Gasteiger partial charge in [0.05, 0.1) is 0 Å². The van der Waals surface area contributed by atoms with Crippen molar-refractivity contribution < 1.29 is 4.57 Å². The molecule has 1 N–H and O–H groups in total. The van der Waals surface area contributed by atoms with Gasteiger partial charge in [0, 0.05) is 34.2 Å². The van der Waals surface area contributed by atoms with Crippen LogP contribution in [0.2, 0.25) is 5.02 Å². The van der Waals surface area contributed by atoms with Crippen molar-refractivity contribution in [2.24, 2.45) is 0 Å². The van der Waals surface area contributed by atoms with Crippen LogP contribution >= 0.6 is 11.6 Å². The largest absolute Gasteiger partial charge is 0.343 e. The lowest BCUT2D eigenvalue weighted by molar-refractivity contribution is -0.712.